The molecule has 0 saturated heterocycles. The molecule has 1 aromatic carbocycles. The zero-order chi connectivity index (χ0) is 11.1. The monoisotopic (exact) mass is 220 g/mol. The summed E-state index contributed by atoms with van der Waals surface area (Å²) >= 11 is 0. The number of carbonyl (C=O) groups is 1. The summed E-state index contributed by atoms with van der Waals surface area (Å²) in [6.07, 6.45) is 0.524. The SMILES string of the molecule is O=C1OCc2c1ccc1c2CCOC1CO. The van der Waals surface area contributed by atoms with Crippen molar-refractivity contribution in [2.24, 2.45) is 0 Å². The molecule has 0 fully saturated rings. The second-order valence-electron chi connectivity index (χ2n) is 4.03. The van der Waals surface area contributed by atoms with E-state index in [9.17, 15) is 9.90 Å². The standard InChI is InChI=1S/C12H12O4/c13-5-11-8-1-2-9-10(6-16-12(9)14)7(8)3-4-15-11/h1-2,11,13H,3-6H2. The fourth-order valence-electron chi connectivity index (χ4n) is 2.42. The highest BCUT2D eigenvalue weighted by Gasteiger charge is 2.29. The maximum Gasteiger partial charge on any atom is 0.338 e. The van der Waals surface area contributed by atoms with Gasteiger partial charge in [-0.3, -0.25) is 0 Å². The summed E-state index contributed by atoms with van der Waals surface area (Å²) in [5.74, 6) is -0.246. The molecular weight excluding hydrogens is 208 g/mol. The number of esters is 1. The van der Waals surface area contributed by atoms with Crippen LogP contribution in [0, 0.1) is 0 Å². The van der Waals surface area contributed by atoms with Crippen LogP contribution in [0.15, 0.2) is 12.1 Å². The van der Waals surface area contributed by atoms with E-state index in [0.717, 1.165) is 23.1 Å². The van der Waals surface area contributed by atoms with Crippen LogP contribution in [0.4, 0.5) is 0 Å². The van der Waals surface area contributed by atoms with Gasteiger partial charge in [-0.05, 0) is 23.6 Å². The van der Waals surface area contributed by atoms with Gasteiger partial charge in [0, 0.05) is 5.56 Å². The average molecular weight is 220 g/mol. The highest BCUT2D eigenvalue weighted by molar-refractivity contribution is 5.94. The Balaban J connectivity index is 2.15. The first-order valence-corrected chi connectivity index (χ1v) is 5.35. The van der Waals surface area contributed by atoms with E-state index in [2.05, 4.69) is 0 Å². The number of rotatable bonds is 1. The molecule has 4 heteroatoms. The topological polar surface area (TPSA) is 55.8 Å². The van der Waals surface area contributed by atoms with Crippen LogP contribution < -0.4 is 0 Å². The predicted molar refractivity (Wildman–Crippen MR) is 55.0 cm³/mol. The molecule has 3 rings (SSSR count). The molecule has 1 unspecified atom stereocenters. The minimum absolute atomic E-state index is 0.0272. The molecule has 0 aliphatic carbocycles. The van der Waals surface area contributed by atoms with E-state index in [-0.39, 0.29) is 18.7 Å². The molecular formula is C12H12O4. The average Bonchev–Trinajstić information content (AvgIpc) is 2.70. The van der Waals surface area contributed by atoms with Crippen LogP contribution in [0.5, 0.6) is 0 Å². The van der Waals surface area contributed by atoms with Gasteiger partial charge < -0.3 is 14.6 Å². The molecule has 0 amide bonds. The van der Waals surface area contributed by atoms with Crippen molar-refractivity contribution in [3.8, 4) is 0 Å². The van der Waals surface area contributed by atoms with Crippen LogP contribution in [0.1, 0.15) is 33.2 Å². The van der Waals surface area contributed by atoms with Crippen LogP contribution in [0.3, 0.4) is 0 Å². The zero-order valence-electron chi connectivity index (χ0n) is 8.73. The Morgan fingerprint density at radius 2 is 2.25 bits per heavy atom. The normalized spacial score (nSPS) is 22.6. The van der Waals surface area contributed by atoms with Crippen molar-refractivity contribution in [1.29, 1.82) is 0 Å². The van der Waals surface area contributed by atoms with Crippen LogP contribution in [-0.2, 0) is 22.5 Å². The largest absolute Gasteiger partial charge is 0.457 e. The van der Waals surface area contributed by atoms with Crippen molar-refractivity contribution in [1.82, 2.24) is 0 Å². The van der Waals surface area contributed by atoms with E-state index in [4.69, 9.17) is 9.47 Å². The minimum Gasteiger partial charge on any atom is -0.457 e. The maximum absolute atomic E-state index is 11.4. The van der Waals surface area contributed by atoms with Gasteiger partial charge in [0.05, 0.1) is 18.8 Å². The maximum atomic E-state index is 11.4. The first-order chi connectivity index (χ1) is 7.81. The summed E-state index contributed by atoms with van der Waals surface area (Å²) in [5, 5.41) is 9.22. The first-order valence-electron chi connectivity index (χ1n) is 5.35. The van der Waals surface area contributed by atoms with Gasteiger partial charge in [-0.2, -0.15) is 0 Å². The third-order valence-corrected chi connectivity index (χ3v) is 3.22. The third-order valence-electron chi connectivity index (χ3n) is 3.22. The summed E-state index contributed by atoms with van der Waals surface area (Å²) in [7, 11) is 0. The number of hydrogen-bond acceptors (Lipinski definition) is 4. The van der Waals surface area contributed by atoms with E-state index in [1.165, 1.54) is 0 Å². The number of ether oxygens (including phenoxy) is 2. The number of aliphatic hydroxyl groups is 1. The lowest BCUT2D eigenvalue weighted by Crippen LogP contribution is -2.20. The van der Waals surface area contributed by atoms with Crippen molar-refractivity contribution < 1.29 is 19.4 Å². The van der Waals surface area contributed by atoms with Crippen molar-refractivity contribution in [2.45, 2.75) is 19.1 Å². The third kappa shape index (κ3) is 1.27. The summed E-state index contributed by atoms with van der Waals surface area (Å²) in [6, 6.07) is 3.63. The van der Waals surface area contributed by atoms with Crippen LogP contribution in [-0.4, -0.2) is 24.3 Å². The zero-order valence-corrected chi connectivity index (χ0v) is 8.73. The van der Waals surface area contributed by atoms with Crippen LogP contribution in [0.25, 0.3) is 0 Å². The lowest BCUT2D eigenvalue weighted by Gasteiger charge is -2.25. The smallest absolute Gasteiger partial charge is 0.338 e. The second-order valence-corrected chi connectivity index (χ2v) is 4.03. The van der Waals surface area contributed by atoms with Gasteiger partial charge in [-0.25, -0.2) is 4.79 Å². The number of fused-ring (bicyclic) bond motifs is 3. The molecule has 1 atom stereocenters. The predicted octanol–water partition coefficient (Wildman–Crippen LogP) is 0.963. The molecule has 0 aromatic heterocycles. The van der Waals surface area contributed by atoms with Gasteiger partial charge in [0.1, 0.15) is 12.7 Å². The molecule has 0 bridgehead atoms. The number of aliphatic hydroxyl groups excluding tert-OH is 1. The Bertz CT molecular complexity index is 453. The van der Waals surface area contributed by atoms with E-state index in [1.54, 1.807) is 6.07 Å². The Morgan fingerprint density at radius 3 is 3.06 bits per heavy atom. The van der Waals surface area contributed by atoms with Crippen LogP contribution >= 0.6 is 0 Å². The minimum atomic E-state index is -0.259. The fraction of sp³-hybridized carbons (Fsp3) is 0.417. The lowest BCUT2D eigenvalue weighted by atomic mass is 9.91. The first kappa shape index (κ1) is 9.81. The van der Waals surface area contributed by atoms with Gasteiger partial charge in [0.15, 0.2) is 0 Å². The van der Waals surface area contributed by atoms with Crippen molar-refractivity contribution in [3.05, 3.63) is 34.4 Å². The van der Waals surface area contributed by atoms with Gasteiger partial charge >= 0.3 is 5.97 Å². The molecule has 0 saturated carbocycles. The molecule has 1 N–H and O–H groups in total. The second kappa shape index (κ2) is 3.57. The van der Waals surface area contributed by atoms with E-state index >= 15 is 0 Å². The van der Waals surface area contributed by atoms with Gasteiger partial charge in [0.25, 0.3) is 0 Å². The van der Waals surface area contributed by atoms with Gasteiger partial charge in [-0.15, -0.1) is 0 Å². The Kier molecular flexibility index (Phi) is 2.19. The molecule has 0 radical (unpaired) electrons. The Morgan fingerprint density at radius 1 is 1.38 bits per heavy atom. The quantitative estimate of drug-likeness (QED) is 0.716. The molecule has 2 heterocycles. The van der Waals surface area contributed by atoms with Crippen LogP contribution in [0.2, 0.25) is 0 Å². The fourth-order valence-corrected chi connectivity index (χ4v) is 2.42. The highest BCUT2D eigenvalue weighted by Crippen LogP contribution is 2.34. The van der Waals surface area contributed by atoms with Gasteiger partial charge in [0.2, 0.25) is 0 Å². The molecule has 84 valence electrons. The number of cyclic esters (lactones) is 1. The molecule has 0 spiro atoms. The summed E-state index contributed by atoms with van der Waals surface area (Å²) < 4.78 is 10.5. The number of carbonyl (C=O) groups excluding carboxylic acids is 1. The van der Waals surface area contributed by atoms with Gasteiger partial charge in [-0.1, -0.05) is 6.07 Å². The number of hydrogen-bond donors (Lipinski definition) is 1. The van der Waals surface area contributed by atoms with E-state index in [1.807, 2.05) is 6.07 Å². The van der Waals surface area contributed by atoms with Crippen molar-refractivity contribution >= 4 is 5.97 Å². The molecule has 2 aliphatic heterocycles. The summed E-state index contributed by atoms with van der Waals surface area (Å²) in [4.78, 5) is 11.4. The molecule has 1 aromatic rings. The Labute approximate surface area is 92.8 Å². The highest BCUT2D eigenvalue weighted by atomic mass is 16.5. The van der Waals surface area contributed by atoms with E-state index in [0.29, 0.717) is 18.8 Å². The summed E-state index contributed by atoms with van der Waals surface area (Å²) in [6.45, 7) is 0.916. The van der Waals surface area contributed by atoms with Crippen molar-refractivity contribution in [2.75, 3.05) is 13.2 Å². The van der Waals surface area contributed by atoms with E-state index < -0.39 is 0 Å². The number of benzene rings is 1. The molecule has 16 heavy (non-hydrogen) atoms. The summed E-state index contributed by atoms with van der Waals surface area (Å²) in [5.41, 5.74) is 3.75. The lowest BCUT2D eigenvalue weighted by molar-refractivity contribution is 0.00284. The molecule has 4 nitrogen and oxygen atoms in total. The van der Waals surface area contributed by atoms with Crippen molar-refractivity contribution in [3.63, 3.8) is 0 Å². The molecule has 2 aliphatic rings. The Hall–Kier alpha value is -1.39.